The molecule has 1 fully saturated rings. The lowest BCUT2D eigenvalue weighted by Crippen LogP contribution is -2.18. The van der Waals surface area contributed by atoms with Crippen LogP contribution < -0.4 is 14.4 Å². The van der Waals surface area contributed by atoms with Crippen LogP contribution in [-0.4, -0.2) is 42.4 Å². The first-order valence-corrected chi connectivity index (χ1v) is 9.70. The molecule has 0 atom stereocenters. The van der Waals surface area contributed by atoms with Crippen molar-refractivity contribution in [1.82, 2.24) is 9.97 Å². The number of phenols is 1. The number of hydrogen-bond acceptors (Lipinski definition) is 7. The second kappa shape index (κ2) is 7.44. The van der Waals surface area contributed by atoms with Gasteiger partial charge in [0.2, 0.25) is 5.75 Å². The molecule has 0 radical (unpaired) electrons. The second-order valence-corrected chi connectivity index (χ2v) is 7.19. The maximum atomic E-state index is 10.3. The molecule has 0 amide bonds. The zero-order valence-electron chi connectivity index (χ0n) is 15.3. The van der Waals surface area contributed by atoms with Gasteiger partial charge >= 0.3 is 0 Å². The molecule has 1 N–H and O–H groups in total. The minimum absolute atomic E-state index is 0.0210. The van der Waals surface area contributed by atoms with Gasteiger partial charge in [0.1, 0.15) is 10.8 Å². The fraction of sp³-hybridized carbons (Fsp3) is 0.300. The number of hydrogen-bond donors (Lipinski definition) is 1. The van der Waals surface area contributed by atoms with Gasteiger partial charge in [-0.25, -0.2) is 9.97 Å². The van der Waals surface area contributed by atoms with Crippen molar-refractivity contribution in [3.05, 3.63) is 35.8 Å². The molecule has 4 rings (SSSR count). The molecule has 0 saturated carbocycles. The van der Waals surface area contributed by atoms with Crippen LogP contribution in [0.15, 0.2) is 35.8 Å². The molecule has 6 nitrogen and oxygen atoms in total. The molecule has 3 aromatic rings. The van der Waals surface area contributed by atoms with Crippen molar-refractivity contribution in [2.45, 2.75) is 12.8 Å². The maximum Gasteiger partial charge on any atom is 0.201 e. The van der Waals surface area contributed by atoms with Gasteiger partial charge in [-0.3, -0.25) is 0 Å². The quantitative estimate of drug-likeness (QED) is 0.712. The first-order valence-electron chi connectivity index (χ1n) is 8.82. The second-order valence-electron chi connectivity index (χ2n) is 6.33. The molecule has 1 aliphatic rings. The van der Waals surface area contributed by atoms with Gasteiger partial charge in [0.05, 0.1) is 19.9 Å². The molecule has 0 spiro atoms. The summed E-state index contributed by atoms with van der Waals surface area (Å²) in [4.78, 5) is 11.6. The normalized spacial score (nSPS) is 13.8. The van der Waals surface area contributed by atoms with Crippen molar-refractivity contribution in [2.24, 2.45) is 0 Å². The third-order valence-electron chi connectivity index (χ3n) is 4.72. The van der Waals surface area contributed by atoms with Crippen LogP contribution in [0.1, 0.15) is 12.8 Å². The summed E-state index contributed by atoms with van der Waals surface area (Å²) in [5.74, 6) is 1.71. The maximum absolute atomic E-state index is 10.3. The summed E-state index contributed by atoms with van der Waals surface area (Å²) in [7, 11) is 3.03. The first-order chi connectivity index (χ1) is 13.2. The third-order valence-corrected chi connectivity index (χ3v) is 5.61. The number of aromatic hydroxyl groups is 1. The molecular formula is C20H21N3O3S. The van der Waals surface area contributed by atoms with Crippen molar-refractivity contribution in [1.29, 1.82) is 0 Å². The summed E-state index contributed by atoms with van der Waals surface area (Å²) in [6, 6.07) is 7.63. The molecule has 1 aliphatic heterocycles. The minimum Gasteiger partial charge on any atom is -0.502 e. The number of phenolic OH excluding ortho intramolecular Hbond substituents is 1. The van der Waals surface area contributed by atoms with E-state index in [-0.39, 0.29) is 5.75 Å². The molecule has 0 unspecified atom stereocenters. The number of thiazole rings is 1. The fourth-order valence-corrected chi connectivity index (χ4v) is 4.14. The molecule has 0 aliphatic carbocycles. The van der Waals surface area contributed by atoms with Crippen LogP contribution in [-0.2, 0) is 0 Å². The van der Waals surface area contributed by atoms with Gasteiger partial charge < -0.3 is 19.5 Å². The largest absolute Gasteiger partial charge is 0.502 e. The molecule has 3 heterocycles. The lowest BCUT2D eigenvalue weighted by atomic mass is 10.1. The molecular weight excluding hydrogens is 362 g/mol. The fourth-order valence-electron chi connectivity index (χ4n) is 3.33. The molecule has 1 aromatic carbocycles. The van der Waals surface area contributed by atoms with Gasteiger partial charge in [0, 0.05) is 35.8 Å². The topological polar surface area (TPSA) is 67.7 Å². The highest BCUT2D eigenvalue weighted by atomic mass is 32.1. The Morgan fingerprint density at radius 2 is 1.93 bits per heavy atom. The predicted octanol–water partition coefficient (Wildman–Crippen LogP) is 4.20. The van der Waals surface area contributed by atoms with E-state index in [1.165, 1.54) is 27.1 Å². The van der Waals surface area contributed by atoms with Crippen LogP contribution in [0.5, 0.6) is 17.2 Å². The number of nitrogens with zero attached hydrogens (tertiary/aromatic N) is 3. The summed E-state index contributed by atoms with van der Waals surface area (Å²) >= 11 is 1.56. The van der Waals surface area contributed by atoms with Crippen molar-refractivity contribution >= 4 is 17.2 Å². The van der Waals surface area contributed by atoms with E-state index in [9.17, 15) is 5.11 Å². The summed E-state index contributed by atoms with van der Waals surface area (Å²) < 4.78 is 10.5. The Balaban J connectivity index is 1.68. The summed E-state index contributed by atoms with van der Waals surface area (Å²) in [6.07, 6.45) is 4.27. The number of pyridine rings is 1. The summed E-state index contributed by atoms with van der Waals surface area (Å²) in [5.41, 5.74) is 2.52. The number of aromatic nitrogens is 2. The van der Waals surface area contributed by atoms with E-state index in [0.717, 1.165) is 40.7 Å². The van der Waals surface area contributed by atoms with Gasteiger partial charge in [0.15, 0.2) is 11.5 Å². The highest BCUT2D eigenvalue weighted by Crippen LogP contribution is 2.44. The Bertz CT molecular complexity index is 951. The van der Waals surface area contributed by atoms with Crippen molar-refractivity contribution in [2.75, 3.05) is 32.2 Å². The van der Waals surface area contributed by atoms with Gasteiger partial charge in [-0.05, 0) is 37.1 Å². The van der Waals surface area contributed by atoms with Crippen LogP contribution in [0.3, 0.4) is 0 Å². The molecule has 0 bridgehead atoms. The smallest absolute Gasteiger partial charge is 0.201 e. The number of anilines is 1. The highest BCUT2D eigenvalue weighted by Gasteiger charge is 2.19. The van der Waals surface area contributed by atoms with Crippen LogP contribution >= 0.6 is 11.3 Å². The van der Waals surface area contributed by atoms with E-state index < -0.39 is 0 Å². The Kier molecular flexibility index (Phi) is 4.85. The molecule has 1 saturated heterocycles. The van der Waals surface area contributed by atoms with Gasteiger partial charge in [-0.1, -0.05) is 0 Å². The first kappa shape index (κ1) is 17.6. The van der Waals surface area contributed by atoms with E-state index in [2.05, 4.69) is 16.0 Å². The van der Waals surface area contributed by atoms with Crippen LogP contribution in [0, 0.1) is 0 Å². The average molecular weight is 383 g/mol. The summed E-state index contributed by atoms with van der Waals surface area (Å²) in [5, 5.41) is 13.2. The highest BCUT2D eigenvalue weighted by molar-refractivity contribution is 7.13. The number of ether oxygens (including phenoxy) is 2. The van der Waals surface area contributed by atoms with E-state index in [4.69, 9.17) is 14.5 Å². The average Bonchev–Trinajstić information content (AvgIpc) is 3.40. The predicted molar refractivity (Wildman–Crippen MR) is 107 cm³/mol. The minimum atomic E-state index is -0.0210. The SMILES string of the molecule is COc1ccc(-c2csc(-c3ccnc(N4CCCC4)c3)n2)c(OC)c1O. The molecule has 7 heteroatoms. The van der Waals surface area contributed by atoms with Crippen LogP contribution in [0.25, 0.3) is 21.8 Å². The van der Waals surface area contributed by atoms with Gasteiger partial charge in [0.25, 0.3) is 0 Å². The molecule has 27 heavy (non-hydrogen) atoms. The Morgan fingerprint density at radius 3 is 2.67 bits per heavy atom. The van der Waals surface area contributed by atoms with E-state index in [0.29, 0.717) is 11.5 Å². The summed E-state index contributed by atoms with van der Waals surface area (Å²) in [6.45, 7) is 2.11. The molecule has 2 aromatic heterocycles. The number of rotatable bonds is 5. The number of methoxy groups -OCH3 is 2. The third kappa shape index (κ3) is 3.30. The Labute approximate surface area is 162 Å². The Hall–Kier alpha value is -2.80. The van der Waals surface area contributed by atoms with E-state index in [1.807, 2.05) is 23.7 Å². The van der Waals surface area contributed by atoms with E-state index in [1.54, 1.807) is 17.4 Å². The zero-order valence-corrected chi connectivity index (χ0v) is 16.1. The van der Waals surface area contributed by atoms with Crippen molar-refractivity contribution in [3.8, 4) is 39.1 Å². The van der Waals surface area contributed by atoms with Gasteiger partial charge in [-0.2, -0.15) is 0 Å². The molecule has 140 valence electrons. The van der Waals surface area contributed by atoms with E-state index >= 15 is 0 Å². The van der Waals surface area contributed by atoms with Crippen LogP contribution in [0.2, 0.25) is 0 Å². The lowest BCUT2D eigenvalue weighted by Gasteiger charge is -2.16. The standard InChI is InChI=1S/C20H21N3O3S/c1-25-16-6-5-14(19(26-2)18(16)24)15-12-27-20(22-15)13-7-8-21-17(11-13)23-9-3-4-10-23/h5-8,11-12,24H,3-4,9-10H2,1-2H3. The van der Waals surface area contributed by atoms with Crippen LogP contribution in [0.4, 0.5) is 5.82 Å². The van der Waals surface area contributed by atoms with Crippen molar-refractivity contribution < 1.29 is 14.6 Å². The lowest BCUT2D eigenvalue weighted by molar-refractivity contribution is 0.341. The monoisotopic (exact) mass is 383 g/mol. The number of benzene rings is 1. The van der Waals surface area contributed by atoms with Crippen molar-refractivity contribution in [3.63, 3.8) is 0 Å². The Morgan fingerprint density at radius 1 is 1.11 bits per heavy atom. The zero-order chi connectivity index (χ0) is 18.8. The van der Waals surface area contributed by atoms with Gasteiger partial charge in [-0.15, -0.1) is 11.3 Å².